The second-order valence-electron chi connectivity index (χ2n) is 7.28. The van der Waals surface area contributed by atoms with Crippen LogP contribution in [0.25, 0.3) is 0 Å². The van der Waals surface area contributed by atoms with Crippen molar-refractivity contribution in [3.05, 3.63) is 65.7 Å². The third kappa shape index (κ3) is 5.76. The Morgan fingerprint density at radius 1 is 1.06 bits per heavy atom. The Hall–Kier alpha value is -3.06. The molecule has 0 unspecified atom stereocenters. The molecule has 1 N–H and O–H groups in total. The number of carbonyl (C=O) groups excluding carboxylic acids is 3. The molecule has 8 heteroatoms. The van der Waals surface area contributed by atoms with Crippen molar-refractivity contribution in [2.75, 3.05) is 30.9 Å². The average molecular weight is 444 g/mol. The van der Waals surface area contributed by atoms with Crippen molar-refractivity contribution in [1.82, 2.24) is 10.2 Å². The number of nitrogens with zero attached hydrogens (tertiary/aromatic N) is 2. The van der Waals surface area contributed by atoms with Crippen LogP contribution in [0, 0.1) is 0 Å². The average Bonchev–Trinajstić information content (AvgIpc) is 2.83. The Kier molecular flexibility index (Phi) is 7.89. The number of likely N-dealkylation sites (tertiary alicyclic amines) is 1. The van der Waals surface area contributed by atoms with E-state index in [1.54, 1.807) is 41.1 Å². The predicted octanol–water partition coefficient (Wildman–Crippen LogP) is 3.42. The highest BCUT2D eigenvalue weighted by Crippen LogP contribution is 2.25. The molecule has 3 rings (SSSR count). The molecule has 0 spiro atoms. The van der Waals surface area contributed by atoms with Crippen LogP contribution < -0.4 is 10.2 Å². The summed E-state index contributed by atoms with van der Waals surface area (Å²) in [4.78, 5) is 40.1. The van der Waals surface area contributed by atoms with Gasteiger partial charge in [-0.25, -0.2) is 4.79 Å². The molecule has 1 heterocycles. The van der Waals surface area contributed by atoms with Gasteiger partial charge < -0.3 is 19.9 Å². The lowest BCUT2D eigenvalue weighted by Gasteiger charge is -2.38. The van der Waals surface area contributed by atoms with Gasteiger partial charge >= 0.3 is 6.09 Å². The van der Waals surface area contributed by atoms with E-state index in [0.29, 0.717) is 37.2 Å². The highest BCUT2D eigenvalue weighted by Gasteiger charge is 2.31. The quantitative estimate of drug-likeness (QED) is 0.694. The lowest BCUT2D eigenvalue weighted by Crippen LogP contribution is -2.49. The standard InChI is InChI=1S/C23H26ClN3O4/c1-25-22(29)18-7-9-19(10-8-18)27(21(28)15-24)20-11-13-26(14-12-20)23(30)31-16-17-5-3-2-4-6-17/h2-10,20H,11-16H2,1H3,(H,25,29). The van der Waals surface area contributed by atoms with Crippen molar-refractivity contribution in [3.63, 3.8) is 0 Å². The predicted molar refractivity (Wildman–Crippen MR) is 119 cm³/mol. The van der Waals surface area contributed by atoms with Crippen molar-refractivity contribution >= 4 is 35.2 Å². The molecule has 3 amide bonds. The van der Waals surface area contributed by atoms with E-state index in [-0.39, 0.29) is 36.4 Å². The van der Waals surface area contributed by atoms with Crippen LogP contribution in [0.5, 0.6) is 0 Å². The third-order valence-electron chi connectivity index (χ3n) is 5.31. The Bertz CT molecular complexity index is 897. The van der Waals surface area contributed by atoms with Crippen molar-refractivity contribution in [2.24, 2.45) is 0 Å². The van der Waals surface area contributed by atoms with Gasteiger partial charge in [0.2, 0.25) is 5.91 Å². The number of anilines is 1. The number of piperidine rings is 1. The number of carbonyl (C=O) groups is 3. The topological polar surface area (TPSA) is 79.0 Å². The number of alkyl halides is 1. The molecule has 2 aromatic rings. The van der Waals surface area contributed by atoms with Crippen LogP contribution >= 0.6 is 11.6 Å². The molecule has 0 saturated carbocycles. The van der Waals surface area contributed by atoms with Gasteiger partial charge in [0.15, 0.2) is 0 Å². The third-order valence-corrected chi connectivity index (χ3v) is 5.54. The Balaban J connectivity index is 1.61. The number of nitrogens with one attached hydrogen (secondary N) is 1. The fourth-order valence-corrected chi connectivity index (χ4v) is 3.79. The molecule has 0 aliphatic carbocycles. The second-order valence-corrected chi connectivity index (χ2v) is 7.55. The normalized spacial score (nSPS) is 14.1. The summed E-state index contributed by atoms with van der Waals surface area (Å²) in [6.07, 6.45) is 0.869. The van der Waals surface area contributed by atoms with E-state index in [2.05, 4.69) is 5.32 Å². The molecule has 1 aliphatic heterocycles. The van der Waals surface area contributed by atoms with Gasteiger partial charge in [0.25, 0.3) is 5.91 Å². The van der Waals surface area contributed by atoms with Crippen molar-refractivity contribution in [1.29, 1.82) is 0 Å². The number of rotatable bonds is 6. The van der Waals surface area contributed by atoms with E-state index in [4.69, 9.17) is 16.3 Å². The maximum atomic E-state index is 12.6. The summed E-state index contributed by atoms with van der Waals surface area (Å²) >= 11 is 5.86. The first-order valence-corrected chi connectivity index (χ1v) is 10.7. The zero-order valence-corrected chi connectivity index (χ0v) is 18.2. The minimum Gasteiger partial charge on any atom is -0.445 e. The molecule has 2 aromatic carbocycles. The summed E-state index contributed by atoms with van der Waals surface area (Å²) in [6.45, 7) is 1.20. The monoisotopic (exact) mass is 443 g/mol. The van der Waals surface area contributed by atoms with Crippen molar-refractivity contribution < 1.29 is 19.1 Å². The number of hydrogen-bond acceptors (Lipinski definition) is 4. The van der Waals surface area contributed by atoms with Crippen LogP contribution in [0.2, 0.25) is 0 Å². The molecule has 0 aromatic heterocycles. The summed E-state index contributed by atoms with van der Waals surface area (Å²) < 4.78 is 5.41. The highest BCUT2D eigenvalue weighted by molar-refractivity contribution is 6.29. The van der Waals surface area contributed by atoms with Gasteiger partial charge in [-0.05, 0) is 42.7 Å². The minimum absolute atomic E-state index is 0.0877. The van der Waals surface area contributed by atoms with E-state index in [0.717, 1.165) is 5.56 Å². The summed E-state index contributed by atoms with van der Waals surface area (Å²) in [7, 11) is 1.57. The first-order chi connectivity index (χ1) is 15.0. The molecule has 7 nitrogen and oxygen atoms in total. The first-order valence-electron chi connectivity index (χ1n) is 10.2. The van der Waals surface area contributed by atoms with Gasteiger partial charge in [-0.15, -0.1) is 11.6 Å². The Morgan fingerprint density at radius 3 is 2.29 bits per heavy atom. The lowest BCUT2D eigenvalue weighted by atomic mass is 10.0. The molecule has 31 heavy (non-hydrogen) atoms. The summed E-state index contributed by atoms with van der Waals surface area (Å²) in [5.41, 5.74) is 2.13. The number of hydrogen-bond donors (Lipinski definition) is 1. The van der Waals surface area contributed by atoms with E-state index in [1.807, 2.05) is 30.3 Å². The SMILES string of the molecule is CNC(=O)c1ccc(N(C(=O)CCl)C2CCN(C(=O)OCc3ccccc3)CC2)cc1. The molecular weight excluding hydrogens is 418 g/mol. The molecule has 0 bridgehead atoms. The van der Waals surface area contributed by atoms with Gasteiger partial charge in [0, 0.05) is 37.4 Å². The summed E-state index contributed by atoms with van der Waals surface area (Å²) in [5.74, 6) is -0.542. The van der Waals surface area contributed by atoms with E-state index in [9.17, 15) is 14.4 Å². The zero-order valence-electron chi connectivity index (χ0n) is 17.4. The van der Waals surface area contributed by atoms with Crippen molar-refractivity contribution in [2.45, 2.75) is 25.5 Å². The second kappa shape index (κ2) is 10.8. The number of halogens is 1. The number of benzene rings is 2. The molecule has 1 saturated heterocycles. The smallest absolute Gasteiger partial charge is 0.410 e. The first kappa shape index (κ1) is 22.6. The summed E-state index contributed by atoms with van der Waals surface area (Å²) in [6, 6.07) is 16.3. The van der Waals surface area contributed by atoms with Gasteiger partial charge in [-0.2, -0.15) is 0 Å². The Morgan fingerprint density at radius 2 is 1.71 bits per heavy atom. The van der Waals surface area contributed by atoms with Gasteiger partial charge in [-0.1, -0.05) is 30.3 Å². The van der Waals surface area contributed by atoms with Crippen LogP contribution in [-0.4, -0.2) is 54.9 Å². The summed E-state index contributed by atoms with van der Waals surface area (Å²) in [5, 5.41) is 2.57. The van der Waals surface area contributed by atoms with E-state index < -0.39 is 0 Å². The largest absolute Gasteiger partial charge is 0.445 e. The van der Waals surface area contributed by atoms with Crippen LogP contribution in [0.1, 0.15) is 28.8 Å². The van der Waals surface area contributed by atoms with Crippen molar-refractivity contribution in [3.8, 4) is 0 Å². The van der Waals surface area contributed by atoms with Gasteiger partial charge in [0.05, 0.1) is 0 Å². The Labute approximate surface area is 186 Å². The molecule has 0 radical (unpaired) electrons. The van der Waals surface area contributed by atoms with E-state index in [1.165, 1.54) is 0 Å². The highest BCUT2D eigenvalue weighted by atomic mass is 35.5. The maximum Gasteiger partial charge on any atom is 0.410 e. The molecule has 164 valence electrons. The van der Waals surface area contributed by atoms with Crippen LogP contribution in [0.15, 0.2) is 54.6 Å². The van der Waals surface area contributed by atoms with Gasteiger partial charge in [0.1, 0.15) is 12.5 Å². The number of amides is 3. The minimum atomic E-state index is -0.354. The maximum absolute atomic E-state index is 12.6. The molecule has 1 aliphatic rings. The molecular formula is C23H26ClN3O4. The van der Waals surface area contributed by atoms with Crippen LogP contribution in [0.4, 0.5) is 10.5 Å². The van der Waals surface area contributed by atoms with Crippen LogP contribution in [-0.2, 0) is 16.1 Å². The molecule has 1 fully saturated rings. The fourth-order valence-electron chi connectivity index (χ4n) is 3.66. The molecule has 0 atom stereocenters. The van der Waals surface area contributed by atoms with E-state index >= 15 is 0 Å². The van der Waals surface area contributed by atoms with Gasteiger partial charge in [-0.3, -0.25) is 9.59 Å². The zero-order chi connectivity index (χ0) is 22.2. The fraction of sp³-hybridized carbons (Fsp3) is 0.348. The lowest BCUT2D eigenvalue weighted by molar-refractivity contribution is -0.116. The van der Waals surface area contributed by atoms with Crippen LogP contribution in [0.3, 0.4) is 0 Å². The number of ether oxygens (including phenoxy) is 1.